The molecular formula is C14H30O2Si. The van der Waals surface area contributed by atoms with Gasteiger partial charge in [0.15, 0.2) is 8.32 Å². The second-order valence-electron chi connectivity index (χ2n) is 6.14. The quantitative estimate of drug-likeness (QED) is 0.476. The molecule has 0 fully saturated rings. The maximum atomic E-state index is 10.5. The van der Waals surface area contributed by atoms with E-state index in [2.05, 4.69) is 48.5 Å². The molecular weight excluding hydrogens is 228 g/mol. The molecule has 0 aromatic carbocycles. The average Bonchev–Trinajstić information content (AvgIpc) is 2.17. The van der Waals surface area contributed by atoms with Gasteiger partial charge in [0.25, 0.3) is 0 Å². The van der Waals surface area contributed by atoms with Crippen LogP contribution in [0.3, 0.4) is 0 Å². The highest BCUT2D eigenvalue weighted by Crippen LogP contribution is 2.42. The van der Waals surface area contributed by atoms with E-state index in [0.29, 0.717) is 29.0 Å². The van der Waals surface area contributed by atoms with Crippen LogP contribution in [0.2, 0.25) is 16.6 Å². The molecule has 0 aliphatic rings. The van der Waals surface area contributed by atoms with Crippen molar-refractivity contribution in [3.8, 4) is 0 Å². The second-order valence-corrected chi connectivity index (χ2v) is 11.6. The number of hydrogen-bond donors (Lipinski definition) is 0. The molecule has 0 spiro atoms. The fraction of sp³-hybridized carbons (Fsp3) is 0.929. The molecule has 0 amide bonds. The van der Waals surface area contributed by atoms with Crippen molar-refractivity contribution in [2.45, 2.75) is 71.5 Å². The normalized spacial score (nSPS) is 14.7. The van der Waals surface area contributed by atoms with Gasteiger partial charge in [-0.2, -0.15) is 0 Å². The van der Waals surface area contributed by atoms with Gasteiger partial charge in [-0.1, -0.05) is 48.5 Å². The first-order chi connectivity index (χ1) is 7.78. The fourth-order valence-corrected chi connectivity index (χ4v) is 8.59. The third-order valence-corrected chi connectivity index (χ3v) is 9.90. The third-order valence-electron chi connectivity index (χ3n) is 3.82. The lowest BCUT2D eigenvalue weighted by Gasteiger charge is -2.42. The maximum absolute atomic E-state index is 10.5. The van der Waals surface area contributed by atoms with Crippen LogP contribution in [0.4, 0.5) is 0 Å². The van der Waals surface area contributed by atoms with Gasteiger partial charge < -0.3 is 9.22 Å². The number of hydrogen-bond acceptors (Lipinski definition) is 2. The van der Waals surface area contributed by atoms with E-state index in [1.54, 1.807) is 0 Å². The molecule has 0 aliphatic carbocycles. The highest BCUT2D eigenvalue weighted by Gasteiger charge is 2.45. The third kappa shape index (κ3) is 4.22. The SMILES string of the molecule is CC(C)[Si](OC[C@@H](C)CC=O)(C(C)C)C(C)C. The van der Waals surface area contributed by atoms with Crippen LogP contribution in [0.1, 0.15) is 54.9 Å². The topological polar surface area (TPSA) is 26.3 Å². The van der Waals surface area contributed by atoms with Crippen molar-refractivity contribution in [1.82, 2.24) is 0 Å². The molecule has 0 radical (unpaired) electrons. The molecule has 0 saturated heterocycles. The minimum Gasteiger partial charge on any atom is -0.416 e. The average molecular weight is 258 g/mol. The Morgan fingerprint density at radius 3 is 1.65 bits per heavy atom. The van der Waals surface area contributed by atoms with E-state index < -0.39 is 8.32 Å². The standard InChI is InChI=1S/C14H30O2Si/c1-11(2)17(12(3)4,13(5)6)16-10-14(7)8-9-15/h9,11-14H,8,10H2,1-7H3/t14-/m0/s1. The Balaban J connectivity index is 4.75. The summed E-state index contributed by atoms with van der Waals surface area (Å²) >= 11 is 0. The van der Waals surface area contributed by atoms with Crippen LogP contribution in [-0.2, 0) is 9.22 Å². The molecule has 0 saturated carbocycles. The summed E-state index contributed by atoms with van der Waals surface area (Å²) in [6.07, 6.45) is 1.61. The van der Waals surface area contributed by atoms with Crippen LogP contribution >= 0.6 is 0 Å². The zero-order valence-corrected chi connectivity index (χ0v) is 13.6. The van der Waals surface area contributed by atoms with E-state index in [1.807, 2.05) is 0 Å². The lowest BCUT2D eigenvalue weighted by Crippen LogP contribution is -2.48. The molecule has 1 atom stereocenters. The number of carbonyl (C=O) groups excluding carboxylic acids is 1. The van der Waals surface area contributed by atoms with Crippen molar-refractivity contribution in [2.24, 2.45) is 5.92 Å². The van der Waals surface area contributed by atoms with Crippen LogP contribution in [-0.4, -0.2) is 21.2 Å². The Morgan fingerprint density at radius 1 is 0.941 bits per heavy atom. The Kier molecular flexibility index (Phi) is 7.25. The van der Waals surface area contributed by atoms with Gasteiger partial charge in [-0.3, -0.25) is 0 Å². The van der Waals surface area contributed by atoms with Crippen molar-refractivity contribution in [3.05, 3.63) is 0 Å². The smallest absolute Gasteiger partial charge is 0.200 e. The first kappa shape index (κ1) is 16.8. The zero-order chi connectivity index (χ0) is 13.6. The summed E-state index contributed by atoms with van der Waals surface area (Å²) in [7, 11) is -1.74. The molecule has 0 rings (SSSR count). The van der Waals surface area contributed by atoms with Crippen molar-refractivity contribution < 1.29 is 9.22 Å². The minimum atomic E-state index is -1.74. The zero-order valence-electron chi connectivity index (χ0n) is 12.6. The van der Waals surface area contributed by atoms with Crippen molar-refractivity contribution >= 4 is 14.6 Å². The van der Waals surface area contributed by atoms with Gasteiger partial charge in [0.1, 0.15) is 6.29 Å². The van der Waals surface area contributed by atoms with Crippen LogP contribution in [0.25, 0.3) is 0 Å². The Labute approximate surface area is 108 Å². The second kappa shape index (κ2) is 7.32. The molecule has 0 N–H and O–H groups in total. The molecule has 17 heavy (non-hydrogen) atoms. The van der Waals surface area contributed by atoms with Crippen LogP contribution < -0.4 is 0 Å². The lowest BCUT2D eigenvalue weighted by molar-refractivity contribution is -0.108. The largest absolute Gasteiger partial charge is 0.416 e. The van der Waals surface area contributed by atoms with Gasteiger partial charge in [-0.15, -0.1) is 0 Å². The molecule has 3 heteroatoms. The predicted octanol–water partition coefficient (Wildman–Crippen LogP) is 4.40. The number of carbonyl (C=O) groups is 1. The summed E-state index contributed by atoms with van der Waals surface area (Å²) in [5, 5.41) is 0. The summed E-state index contributed by atoms with van der Waals surface area (Å²) in [6, 6.07) is 0. The molecule has 0 unspecified atom stereocenters. The Bertz CT molecular complexity index is 202. The molecule has 0 heterocycles. The van der Waals surface area contributed by atoms with Crippen molar-refractivity contribution in [2.75, 3.05) is 6.61 Å². The van der Waals surface area contributed by atoms with E-state index in [0.717, 1.165) is 12.9 Å². The first-order valence-corrected chi connectivity index (χ1v) is 9.00. The highest BCUT2D eigenvalue weighted by molar-refractivity contribution is 6.77. The Hall–Kier alpha value is -0.153. The van der Waals surface area contributed by atoms with Crippen LogP contribution in [0.15, 0.2) is 0 Å². The van der Waals surface area contributed by atoms with E-state index in [4.69, 9.17) is 4.43 Å². The van der Waals surface area contributed by atoms with E-state index in [9.17, 15) is 4.79 Å². The highest BCUT2D eigenvalue weighted by atomic mass is 28.4. The fourth-order valence-electron chi connectivity index (χ4n) is 3.02. The minimum absolute atomic E-state index is 0.343. The Morgan fingerprint density at radius 2 is 1.35 bits per heavy atom. The number of aldehydes is 1. The molecule has 0 aromatic heterocycles. The monoisotopic (exact) mass is 258 g/mol. The van der Waals surface area contributed by atoms with Gasteiger partial charge in [0, 0.05) is 13.0 Å². The van der Waals surface area contributed by atoms with Gasteiger partial charge in [0.05, 0.1) is 0 Å². The molecule has 102 valence electrons. The molecule has 2 nitrogen and oxygen atoms in total. The van der Waals surface area contributed by atoms with E-state index >= 15 is 0 Å². The van der Waals surface area contributed by atoms with Gasteiger partial charge >= 0.3 is 0 Å². The van der Waals surface area contributed by atoms with E-state index in [-0.39, 0.29) is 0 Å². The molecule has 0 aromatic rings. The lowest BCUT2D eigenvalue weighted by atomic mass is 10.1. The summed E-state index contributed by atoms with van der Waals surface area (Å²) in [5.41, 5.74) is 1.85. The van der Waals surface area contributed by atoms with E-state index in [1.165, 1.54) is 0 Å². The number of rotatable bonds is 8. The van der Waals surface area contributed by atoms with Gasteiger partial charge in [0.2, 0.25) is 0 Å². The molecule has 0 aliphatic heterocycles. The van der Waals surface area contributed by atoms with Gasteiger partial charge in [-0.05, 0) is 22.5 Å². The van der Waals surface area contributed by atoms with Gasteiger partial charge in [-0.25, -0.2) is 0 Å². The summed E-state index contributed by atoms with van der Waals surface area (Å²) in [5.74, 6) is 0.343. The predicted molar refractivity (Wildman–Crippen MR) is 76.8 cm³/mol. The van der Waals surface area contributed by atoms with Crippen LogP contribution in [0, 0.1) is 5.92 Å². The van der Waals surface area contributed by atoms with Crippen LogP contribution in [0.5, 0.6) is 0 Å². The van der Waals surface area contributed by atoms with Crippen molar-refractivity contribution in [1.29, 1.82) is 0 Å². The molecule has 0 bridgehead atoms. The summed E-state index contributed by atoms with van der Waals surface area (Å²) < 4.78 is 6.41. The van der Waals surface area contributed by atoms with Crippen molar-refractivity contribution in [3.63, 3.8) is 0 Å². The maximum Gasteiger partial charge on any atom is 0.200 e. The first-order valence-electron chi connectivity index (χ1n) is 6.86. The summed E-state index contributed by atoms with van der Waals surface area (Å²) in [4.78, 5) is 10.5. The summed E-state index contributed by atoms with van der Waals surface area (Å²) in [6.45, 7) is 16.6.